The summed E-state index contributed by atoms with van der Waals surface area (Å²) in [4.78, 5) is 17.4. The number of aromatic nitrogens is 1. The summed E-state index contributed by atoms with van der Waals surface area (Å²) in [6.45, 7) is 1.90. The smallest absolute Gasteiger partial charge is 0.222 e. The first-order valence-corrected chi connectivity index (χ1v) is 7.59. The van der Waals surface area contributed by atoms with Gasteiger partial charge in [-0.3, -0.25) is 4.79 Å². The van der Waals surface area contributed by atoms with Gasteiger partial charge in [-0.1, -0.05) is 55.5 Å². The van der Waals surface area contributed by atoms with Crippen LogP contribution in [0.4, 0.5) is 0 Å². The second-order valence-corrected chi connectivity index (χ2v) is 5.46. The minimum Gasteiger partial charge on any atom is -0.361 e. The topological polar surface area (TPSA) is 36.1 Å². The summed E-state index contributed by atoms with van der Waals surface area (Å²) in [7, 11) is 1.88. The largest absolute Gasteiger partial charge is 0.361 e. The fourth-order valence-corrected chi connectivity index (χ4v) is 2.96. The van der Waals surface area contributed by atoms with Crippen LogP contribution in [0.5, 0.6) is 0 Å². The summed E-state index contributed by atoms with van der Waals surface area (Å²) in [6.07, 6.45) is 2.52. The highest BCUT2D eigenvalue weighted by Gasteiger charge is 2.24. The summed E-state index contributed by atoms with van der Waals surface area (Å²) < 4.78 is 0. The Morgan fingerprint density at radius 1 is 1.09 bits per heavy atom. The van der Waals surface area contributed by atoms with Gasteiger partial charge in [0.05, 0.1) is 6.04 Å². The highest BCUT2D eigenvalue weighted by Crippen LogP contribution is 2.33. The number of carbonyl (C=O) groups is 1. The summed E-state index contributed by atoms with van der Waals surface area (Å²) >= 11 is 0. The van der Waals surface area contributed by atoms with Gasteiger partial charge in [-0.2, -0.15) is 0 Å². The fraction of sp³-hybridized carbons (Fsp3) is 0.211. The van der Waals surface area contributed by atoms with Crippen LogP contribution in [0.3, 0.4) is 0 Å². The van der Waals surface area contributed by atoms with Gasteiger partial charge >= 0.3 is 0 Å². The van der Waals surface area contributed by atoms with Crippen LogP contribution in [0.25, 0.3) is 10.9 Å². The van der Waals surface area contributed by atoms with E-state index in [1.165, 1.54) is 0 Å². The van der Waals surface area contributed by atoms with E-state index in [2.05, 4.69) is 29.2 Å². The molecule has 0 bridgehead atoms. The van der Waals surface area contributed by atoms with Crippen molar-refractivity contribution in [1.82, 2.24) is 9.88 Å². The van der Waals surface area contributed by atoms with E-state index in [0.29, 0.717) is 6.42 Å². The highest BCUT2D eigenvalue weighted by molar-refractivity contribution is 5.85. The van der Waals surface area contributed by atoms with Crippen molar-refractivity contribution in [3.8, 4) is 0 Å². The maximum absolute atomic E-state index is 12.3. The molecule has 22 heavy (non-hydrogen) atoms. The first kappa shape index (κ1) is 14.4. The van der Waals surface area contributed by atoms with Crippen LogP contribution in [0.1, 0.15) is 30.5 Å². The van der Waals surface area contributed by atoms with E-state index in [9.17, 15) is 4.79 Å². The predicted molar refractivity (Wildman–Crippen MR) is 89.6 cm³/mol. The molecular weight excluding hydrogens is 272 g/mol. The van der Waals surface area contributed by atoms with E-state index in [1.807, 2.05) is 55.4 Å². The van der Waals surface area contributed by atoms with Gasteiger partial charge in [0.15, 0.2) is 0 Å². The van der Waals surface area contributed by atoms with Gasteiger partial charge in [0.1, 0.15) is 0 Å². The highest BCUT2D eigenvalue weighted by atomic mass is 16.2. The minimum atomic E-state index is -0.0789. The van der Waals surface area contributed by atoms with Gasteiger partial charge in [0.25, 0.3) is 0 Å². The molecule has 0 aliphatic heterocycles. The minimum absolute atomic E-state index is 0.0789. The van der Waals surface area contributed by atoms with Gasteiger partial charge in [-0.15, -0.1) is 0 Å². The average Bonchev–Trinajstić information content (AvgIpc) is 2.99. The lowest BCUT2D eigenvalue weighted by molar-refractivity contribution is -0.131. The summed E-state index contributed by atoms with van der Waals surface area (Å²) in [5, 5.41) is 1.16. The van der Waals surface area contributed by atoms with Gasteiger partial charge in [0.2, 0.25) is 5.91 Å². The van der Waals surface area contributed by atoms with E-state index < -0.39 is 0 Å². The lowest BCUT2D eigenvalue weighted by Gasteiger charge is -2.28. The van der Waals surface area contributed by atoms with Crippen LogP contribution < -0.4 is 0 Å². The second kappa shape index (κ2) is 6.06. The van der Waals surface area contributed by atoms with Crippen molar-refractivity contribution < 1.29 is 4.79 Å². The third-order valence-corrected chi connectivity index (χ3v) is 4.11. The van der Waals surface area contributed by atoms with Crippen LogP contribution in [0, 0.1) is 0 Å². The molecule has 112 valence electrons. The summed E-state index contributed by atoms with van der Waals surface area (Å²) in [5.41, 5.74) is 3.35. The Hall–Kier alpha value is -2.55. The number of carbonyl (C=O) groups excluding carboxylic acids is 1. The van der Waals surface area contributed by atoms with Crippen LogP contribution in [0.2, 0.25) is 0 Å². The molecular formula is C19H20N2O. The molecule has 1 N–H and O–H groups in total. The SMILES string of the molecule is CCC(=O)N(C)[C@H](c1ccccc1)c1c[nH]c2ccccc12. The molecule has 0 saturated heterocycles. The van der Waals surface area contributed by atoms with Crippen molar-refractivity contribution in [3.63, 3.8) is 0 Å². The van der Waals surface area contributed by atoms with E-state index in [-0.39, 0.29) is 11.9 Å². The number of para-hydroxylation sites is 1. The summed E-state index contributed by atoms with van der Waals surface area (Å²) in [6, 6.07) is 18.3. The Bertz CT molecular complexity index is 776. The number of amides is 1. The zero-order chi connectivity index (χ0) is 15.5. The van der Waals surface area contributed by atoms with E-state index in [4.69, 9.17) is 0 Å². The predicted octanol–water partition coefficient (Wildman–Crippen LogP) is 4.13. The third-order valence-electron chi connectivity index (χ3n) is 4.11. The van der Waals surface area contributed by atoms with Crippen molar-refractivity contribution in [2.45, 2.75) is 19.4 Å². The Morgan fingerprint density at radius 2 is 1.77 bits per heavy atom. The second-order valence-electron chi connectivity index (χ2n) is 5.46. The normalized spacial score (nSPS) is 12.3. The molecule has 0 aliphatic rings. The molecule has 1 heterocycles. The van der Waals surface area contributed by atoms with E-state index in [0.717, 1.165) is 22.0 Å². The molecule has 1 atom stereocenters. The number of benzene rings is 2. The van der Waals surface area contributed by atoms with Crippen molar-refractivity contribution >= 4 is 16.8 Å². The van der Waals surface area contributed by atoms with Crippen LogP contribution >= 0.6 is 0 Å². The quantitative estimate of drug-likeness (QED) is 0.771. The zero-order valence-corrected chi connectivity index (χ0v) is 12.9. The Labute approximate surface area is 130 Å². The van der Waals surface area contributed by atoms with Gasteiger partial charge in [0, 0.05) is 36.1 Å². The number of rotatable bonds is 4. The standard InChI is InChI=1S/C19H20N2O/c1-3-18(22)21(2)19(14-9-5-4-6-10-14)16-13-20-17-12-8-7-11-15(16)17/h4-13,19-20H,3H2,1-2H3/t19-/m1/s1. The molecule has 0 spiro atoms. The number of nitrogens with one attached hydrogen (secondary N) is 1. The van der Waals surface area contributed by atoms with Crippen molar-refractivity contribution in [2.75, 3.05) is 7.05 Å². The Morgan fingerprint density at radius 3 is 2.50 bits per heavy atom. The maximum atomic E-state index is 12.3. The van der Waals surface area contributed by atoms with Crippen LogP contribution in [-0.2, 0) is 4.79 Å². The number of hydrogen-bond donors (Lipinski definition) is 1. The number of hydrogen-bond acceptors (Lipinski definition) is 1. The molecule has 3 nitrogen and oxygen atoms in total. The molecule has 1 aromatic heterocycles. The molecule has 2 aromatic carbocycles. The molecule has 1 amide bonds. The molecule has 0 fully saturated rings. The molecule has 3 aromatic rings. The first-order valence-electron chi connectivity index (χ1n) is 7.59. The average molecular weight is 292 g/mol. The Balaban J connectivity index is 2.15. The lowest BCUT2D eigenvalue weighted by atomic mass is 9.96. The van der Waals surface area contributed by atoms with Crippen LogP contribution in [-0.4, -0.2) is 22.8 Å². The number of aromatic amines is 1. The van der Waals surface area contributed by atoms with E-state index >= 15 is 0 Å². The molecule has 0 aliphatic carbocycles. The van der Waals surface area contributed by atoms with Crippen LogP contribution in [0.15, 0.2) is 60.8 Å². The number of fused-ring (bicyclic) bond motifs is 1. The van der Waals surface area contributed by atoms with Gasteiger partial charge in [-0.05, 0) is 11.6 Å². The number of nitrogens with zero attached hydrogens (tertiary/aromatic N) is 1. The molecule has 3 heteroatoms. The number of H-pyrrole nitrogens is 1. The Kier molecular flexibility index (Phi) is 3.96. The first-order chi connectivity index (χ1) is 10.7. The monoisotopic (exact) mass is 292 g/mol. The fourth-order valence-electron chi connectivity index (χ4n) is 2.96. The lowest BCUT2D eigenvalue weighted by Crippen LogP contribution is -2.31. The molecule has 0 radical (unpaired) electrons. The zero-order valence-electron chi connectivity index (χ0n) is 12.9. The van der Waals surface area contributed by atoms with E-state index in [1.54, 1.807) is 0 Å². The molecule has 3 rings (SSSR count). The summed E-state index contributed by atoms with van der Waals surface area (Å²) in [5.74, 6) is 0.138. The molecule has 0 saturated carbocycles. The van der Waals surface area contributed by atoms with Gasteiger partial charge < -0.3 is 9.88 Å². The van der Waals surface area contributed by atoms with Gasteiger partial charge in [-0.25, -0.2) is 0 Å². The van der Waals surface area contributed by atoms with Crippen molar-refractivity contribution in [1.29, 1.82) is 0 Å². The molecule has 0 unspecified atom stereocenters. The van der Waals surface area contributed by atoms with Crippen molar-refractivity contribution in [3.05, 3.63) is 71.9 Å². The van der Waals surface area contributed by atoms with Crippen molar-refractivity contribution in [2.24, 2.45) is 0 Å². The maximum Gasteiger partial charge on any atom is 0.222 e. The third kappa shape index (κ3) is 2.50.